The standard InChI is InChI=1S/C29H23F4N5O3/c1-16-18(19-10-7-11-20(24(19)35-16)29(31,32)33)14-15-34-25(36-17-8-3-2-4-9-17)23-26(39)37-28(41)38(27(23)40)22-13-6-5-12-21(22)30/h2-13,35,40H,14-15H2,1H3,(H,34,36)(H,37,39,41). The van der Waals surface area contributed by atoms with Crippen LogP contribution < -0.4 is 16.6 Å². The first kappa shape index (κ1) is 27.4. The molecule has 5 rings (SSSR count). The molecule has 12 heteroatoms. The van der Waals surface area contributed by atoms with Gasteiger partial charge >= 0.3 is 11.9 Å². The second kappa shape index (κ2) is 10.8. The third kappa shape index (κ3) is 5.36. The largest absolute Gasteiger partial charge is 0.493 e. The third-order valence-electron chi connectivity index (χ3n) is 6.54. The van der Waals surface area contributed by atoms with Crippen LogP contribution in [0.4, 0.5) is 23.2 Å². The number of alkyl halides is 3. The molecule has 5 aromatic rings. The number of nitrogens with zero attached hydrogens (tertiary/aromatic N) is 2. The van der Waals surface area contributed by atoms with E-state index in [4.69, 9.17) is 0 Å². The van der Waals surface area contributed by atoms with Gasteiger partial charge in [0, 0.05) is 23.3 Å². The number of hydrogen-bond acceptors (Lipinski definition) is 4. The number of anilines is 1. The van der Waals surface area contributed by atoms with Crippen molar-refractivity contribution in [3.63, 3.8) is 0 Å². The van der Waals surface area contributed by atoms with Gasteiger partial charge in [0.05, 0.1) is 16.8 Å². The maximum absolute atomic E-state index is 14.6. The Balaban J connectivity index is 1.59. The number of aromatic hydroxyl groups is 1. The lowest BCUT2D eigenvalue weighted by Crippen LogP contribution is -2.35. The molecule has 0 fully saturated rings. The number of para-hydroxylation sites is 3. The number of H-pyrrole nitrogens is 2. The lowest BCUT2D eigenvalue weighted by atomic mass is 10.1. The van der Waals surface area contributed by atoms with E-state index in [2.05, 4.69) is 20.3 Å². The highest BCUT2D eigenvalue weighted by Gasteiger charge is 2.33. The van der Waals surface area contributed by atoms with Gasteiger partial charge < -0.3 is 15.4 Å². The number of nitrogens with one attached hydrogen (secondary N) is 3. The Labute approximate surface area is 229 Å². The lowest BCUT2D eigenvalue weighted by molar-refractivity contribution is -0.136. The Kier molecular flexibility index (Phi) is 7.22. The Bertz CT molecular complexity index is 1890. The van der Waals surface area contributed by atoms with Crippen molar-refractivity contribution in [1.82, 2.24) is 14.5 Å². The minimum atomic E-state index is -4.54. The van der Waals surface area contributed by atoms with Gasteiger partial charge in [0.15, 0.2) is 0 Å². The van der Waals surface area contributed by atoms with Crippen LogP contribution in [0.15, 0.2) is 87.4 Å². The summed E-state index contributed by atoms with van der Waals surface area (Å²) in [5.74, 6) is -1.79. The average molecular weight is 566 g/mol. The molecular formula is C29H23F4N5O3. The highest BCUT2D eigenvalue weighted by Crippen LogP contribution is 2.36. The quantitative estimate of drug-likeness (QED) is 0.127. The van der Waals surface area contributed by atoms with Crippen molar-refractivity contribution in [2.75, 3.05) is 11.9 Å². The Morgan fingerprint density at radius 2 is 1.68 bits per heavy atom. The number of aryl methyl sites for hydroxylation is 1. The van der Waals surface area contributed by atoms with E-state index in [0.29, 0.717) is 26.9 Å². The molecule has 0 aliphatic carbocycles. The summed E-state index contributed by atoms with van der Waals surface area (Å²) in [5, 5.41) is 14.4. The van der Waals surface area contributed by atoms with Crippen molar-refractivity contribution in [2.24, 2.45) is 4.99 Å². The van der Waals surface area contributed by atoms with E-state index >= 15 is 0 Å². The highest BCUT2D eigenvalue weighted by molar-refractivity contribution is 6.09. The molecule has 8 nitrogen and oxygen atoms in total. The first-order valence-corrected chi connectivity index (χ1v) is 12.4. The second-order valence-electron chi connectivity index (χ2n) is 9.17. The molecule has 0 aliphatic rings. The first-order valence-electron chi connectivity index (χ1n) is 12.4. The molecule has 0 bridgehead atoms. The average Bonchev–Trinajstić information content (AvgIpc) is 3.24. The van der Waals surface area contributed by atoms with E-state index in [1.165, 1.54) is 24.3 Å². The van der Waals surface area contributed by atoms with Crippen LogP contribution in [0.2, 0.25) is 0 Å². The van der Waals surface area contributed by atoms with E-state index in [-0.39, 0.29) is 30.0 Å². The Hall–Kier alpha value is -5.13. The number of aliphatic imine (C=N–C) groups is 1. The summed E-state index contributed by atoms with van der Waals surface area (Å²) in [6.07, 6.45) is -4.36. The fraction of sp³-hybridized carbons (Fsp3) is 0.138. The SMILES string of the molecule is Cc1[nH]c2c(C(F)(F)F)cccc2c1CCN=C(Nc1ccccc1)c1c(O)n(-c2ccccc2F)c(=O)[nH]c1=O. The van der Waals surface area contributed by atoms with Gasteiger partial charge in [-0.3, -0.25) is 14.8 Å². The van der Waals surface area contributed by atoms with Gasteiger partial charge in [0.1, 0.15) is 17.2 Å². The van der Waals surface area contributed by atoms with Crippen LogP contribution in [-0.2, 0) is 12.6 Å². The molecule has 4 N–H and O–H groups in total. The maximum atomic E-state index is 14.6. The van der Waals surface area contributed by atoms with E-state index in [0.717, 1.165) is 12.1 Å². The summed E-state index contributed by atoms with van der Waals surface area (Å²) >= 11 is 0. The van der Waals surface area contributed by atoms with Gasteiger partial charge in [-0.25, -0.2) is 13.8 Å². The minimum Gasteiger partial charge on any atom is -0.493 e. The van der Waals surface area contributed by atoms with Crippen LogP contribution in [0, 0.1) is 12.7 Å². The van der Waals surface area contributed by atoms with Crippen LogP contribution in [0.5, 0.6) is 5.88 Å². The van der Waals surface area contributed by atoms with E-state index in [1.54, 1.807) is 43.3 Å². The van der Waals surface area contributed by atoms with E-state index < -0.39 is 40.2 Å². The lowest BCUT2D eigenvalue weighted by Gasteiger charge is -2.15. The maximum Gasteiger partial charge on any atom is 0.418 e. The molecule has 0 unspecified atom stereocenters. The number of hydrogen-bond donors (Lipinski definition) is 4. The fourth-order valence-electron chi connectivity index (χ4n) is 4.68. The molecule has 0 aliphatic heterocycles. The summed E-state index contributed by atoms with van der Waals surface area (Å²) in [5.41, 5.74) is -1.95. The minimum absolute atomic E-state index is 0.0170. The molecule has 0 amide bonds. The van der Waals surface area contributed by atoms with Gasteiger partial charge in [-0.15, -0.1) is 0 Å². The van der Waals surface area contributed by atoms with Crippen LogP contribution in [-0.4, -0.2) is 32.0 Å². The van der Waals surface area contributed by atoms with Gasteiger partial charge in [0.2, 0.25) is 5.88 Å². The zero-order chi connectivity index (χ0) is 29.3. The summed E-state index contributed by atoms with van der Waals surface area (Å²) in [6, 6.07) is 17.7. The third-order valence-corrected chi connectivity index (χ3v) is 6.54. The predicted octanol–water partition coefficient (Wildman–Crippen LogP) is 5.28. The van der Waals surface area contributed by atoms with Crippen LogP contribution in [0.25, 0.3) is 16.6 Å². The Morgan fingerprint density at radius 3 is 2.39 bits per heavy atom. The number of benzene rings is 3. The summed E-state index contributed by atoms with van der Waals surface area (Å²) in [4.78, 5) is 34.9. The number of aromatic amines is 2. The second-order valence-corrected chi connectivity index (χ2v) is 9.17. The van der Waals surface area contributed by atoms with Crippen molar-refractivity contribution >= 4 is 22.4 Å². The van der Waals surface area contributed by atoms with Gasteiger partial charge in [-0.2, -0.15) is 13.2 Å². The molecule has 0 radical (unpaired) electrons. The van der Waals surface area contributed by atoms with E-state index in [1.807, 2.05) is 0 Å². The Morgan fingerprint density at radius 1 is 0.976 bits per heavy atom. The van der Waals surface area contributed by atoms with Crippen molar-refractivity contribution in [2.45, 2.75) is 19.5 Å². The van der Waals surface area contributed by atoms with Crippen molar-refractivity contribution in [3.05, 3.63) is 122 Å². The molecular weight excluding hydrogens is 542 g/mol. The monoisotopic (exact) mass is 565 g/mol. The van der Waals surface area contributed by atoms with Crippen LogP contribution in [0.1, 0.15) is 22.4 Å². The van der Waals surface area contributed by atoms with Gasteiger partial charge in [-0.1, -0.05) is 42.5 Å². The zero-order valence-electron chi connectivity index (χ0n) is 21.5. The van der Waals surface area contributed by atoms with Crippen LogP contribution >= 0.6 is 0 Å². The smallest absolute Gasteiger partial charge is 0.418 e. The fourth-order valence-corrected chi connectivity index (χ4v) is 4.68. The molecule has 41 heavy (non-hydrogen) atoms. The number of rotatable bonds is 6. The summed E-state index contributed by atoms with van der Waals surface area (Å²) < 4.78 is 55.8. The van der Waals surface area contributed by atoms with Crippen LogP contribution in [0.3, 0.4) is 0 Å². The molecule has 2 heterocycles. The molecule has 0 spiro atoms. The summed E-state index contributed by atoms with van der Waals surface area (Å²) in [6.45, 7) is 1.64. The van der Waals surface area contributed by atoms with Crippen molar-refractivity contribution < 1.29 is 22.7 Å². The summed E-state index contributed by atoms with van der Waals surface area (Å²) in [7, 11) is 0. The van der Waals surface area contributed by atoms with Gasteiger partial charge in [0.25, 0.3) is 5.56 Å². The normalized spacial score (nSPS) is 12.2. The van der Waals surface area contributed by atoms with Gasteiger partial charge in [-0.05, 0) is 49.2 Å². The van der Waals surface area contributed by atoms with Crippen molar-refractivity contribution in [1.29, 1.82) is 0 Å². The number of halogens is 4. The van der Waals surface area contributed by atoms with E-state index in [9.17, 15) is 32.3 Å². The molecule has 0 saturated heterocycles. The number of aromatic nitrogens is 3. The number of fused-ring (bicyclic) bond motifs is 1. The number of amidine groups is 1. The molecule has 0 atom stereocenters. The molecule has 210 valence electrons. The molecule has 0 saturated carbocycles. The topological polar surface area (TPSA) is 115 Å². The molecule has 2 aromatic heterocycles. The predicted molar refractivity (Wildman–Crippen MR) is 147 cm³/mol. The van der Waals surface area contributed by atoms with Crippen molar-refractivity contribution in [3.8, 4) is 11.6 Å². The molecule has 3 aromatic carbocycles. The highest BCUT2D eigenvalue weighted by atomic mass is 19.4. The first-order chi connectivity index (χ1) is 19.6. The zero-order valence-corrected chi connectivity index (χ0v) is 21.5.